The third kappa shape index (κ3) is 2.61. The predicted octanol–water partition coefficient (Wildman–Crippen LogP) is 2.96. The lowest BCUT2D eigenvalue weighted by atomic mass is 9.94. The van der Waals surface area contributed by atoms with Crippen molar-refractivity contribution in [1.82, 2.24) is 4.98 Å². The molecule has 2 rings (SSSR count). The molecule has 0 saturated carbocycles. The topological polar surface area (TPSA) is 38.9 Å². The predicted molar refractivity (Wildman–Crippen MR) is 68.4 cm³/mol. The molecule has 3 heteroatoms. The Bertz CT molecular complexity index is 556. The van der Waals surface area contributed by atoms with Crippen LogP contribution < -0.4 is 5.73 Å². The second kappa shape index (κ2) is 4.08. The van der Waals surface area contributed by atoms with Gasteiger partial charge in [0, 0.05) is 17.1 Å². The van der Waals surface area contributed by atoms with Gasteiger partial charge in [-0.1, -0.05) is 0 Å². The highest BCUT2D eigenvalue weighted by molar-refractivity contribution is 5.83. The zero-order chi connectivity index (χ0) is 12.6. The Morgan fingerprint density at radius 2 is 2.06 bits per heavy atom. The van der Waals surface area contributed by atoms with Crippen LogP contribution in [0.25, 0.3) is 10.9 Å². The van der Waals surface area contributed by atoms with Crippen LogP contribution in [-0.4, -0.2) is 10.5 Å². The summed E-state index contributed by atoms with van der Waals surface area (Å²) in [5.41, 5.74) is 8.01. The van der Waals surface area contributed by atoms with E-state index in [1.54, 1.807) is 6.20 Å². The number of benzene rings is 1. The molecule has 17 heavy (non-hydrogen) atoms. The summed E-state index contributed by atoms with van der Waals surface area (Å²) in [6, 6.07) is 5.40. The minimum atomic E-state index is -0.337. The zero-order valence-electron chi connectivity index (χ0n) is 10.4. The first kappa shape index (κ1) is 12.0. The molecule has 0 saturated heterocycles. The number of rotatable bonds is 2. The van der Waals surface area contributed by atoms with E-state index in [-0.39, 0.29) is 11.4 Å². The Labute approximate surface area is 101 Å². The van der Waals surface area contributed by atoms with Gasteiger partial charge in [0.05, 0.1) is 0 Å². The van der Waals surface area contributed by atoms with Crippen molar-refractivity contribution in [3.63, 3.8) is 0 Å². The Morgan fingerprint density at radius 3 is 2.71 bits per heavy atom. The van der Waals surface area contributed by atoms with Crippen LogP contribution in [0.15, 0.2) is 24.4 Å². The van der Waals surface area contributed by atoms with E-state index in [1.807, 2.05) is 32.9 Å². The minimum Gasteiger partial charge on any atom is -0.325 e. The lowest BCUT2D eigenvalue weighted by Gasteiger charge is -2.18. The van der Waals surface area contributed by atoms with Gasteiger partial charge in [-0.2, -0.15) is 0 Å². The number of aromatic nitrogens is 1. The van der Waals surface area contributed by atoms with E-state index < -0.39 is 0 Å². The maximum atomic E-state index is 13.9. The van der Waals surface area contributed by atoms with Crippen LogP contribution >= 0.6 is 0 Å². The fourth-order valence-electron chi connectivity index (χ4n) is 2.03. The maximum absolute atomic E-state index is 13.9. The standard InChI is InChI=1S/C14H17FN2/c1-9-4-5-17-13-11(9)6-10(7-12(13)15)8-14(2,3)16/h4-7H,8,16H2,1-3H3. The van der Waals surface area contributed by atoms with Crippen LogP contribution in [0.3, 0.4) is 0 Å². The molecule has 0 fully saturated rings. The van der Waals surface area contributed by atoms with Crippen LogP contribution in [0.4, 0.5) is 4.39 Å². The van der Waals surface area contributed by atoms with E-state index >= 15 is 0 Å². The molecule has 2 aromatic rings. The largest absolute Gasteiger partial charge is 0.325 e. The molecule has 1 heterocycles. The summed E-state index contributed by atoms with van der Waals surface area (Å²) in [4.78, 5) is 4.07. The lowest BCUT2D eigenvalue weighted by Crippen LogP contribution is -2.34. The Hall–Kier alpha value is -1.48. The number of nitrogens with zero attached hydrogens (tertiary/aromatic N) is 1. The monoisotopic (exact) mass is 232 g/mol. The molecule has 1 aromatic carbocycles. The summed E-state index contributed by atoms with van der Waals surface area (Å²) in [5.74, 6) is -0.273. The molecular formula is C14H17FN2. The van der Waals surface area contributed by atoms with Crippen LogP contribution in [0.2, 0.25) is 0 Å². The molecule has 0 aliphatic heterocycles. The summed E-state index contributed by atoms with van der Waals surface area (Å²) < 4.78 is 13.9. The van der Waals surface area contributed by atoms with Crippen molar-refractivity contribution in [2.24, 2.45) is 5.73 Å². The van der Waals surface area contributed by atoms with Crippen molar-refractivity contribution < 1.29 is 4.39 Å². The number of nitrogens with two attached hydrogens (primary N) is 1. The average molecular weight is 232 g/mol. The first-order chi connectivity index (χ1) is 7.87. The quantitative estimate of drug-likeness (QED) is 0.864. The number of aryl methyl sites for hydroxylation is 1. The van der Waals surface area contributed by atoms with Crippen molar-refractivity contribution in [2.45, 2.75) is 32.7 Å². The molecule has 0 aliphatic carbocycles. The average Bonchev–Trinajstić information content (AvgIpc) is 2.17. The second-order valence-corrected chi connectivity index (χ2v) is 5.27. The van der Waals surface area contributed by atoms with E-state index in [1.165, 1.54) is 6.07 Å². The van der Waals surface area contributed by atoms with Gasteiger partial charge in [0.2, 0.25) is 0 Å². The van der Waals surface area contributed by atoms with Crippen LogP contribution in [0.1, 0.15) is 25.0 Å². The molecule has 0 amide bonds. The normalized spacial score (nSPS) is 12.1. The Balaban J connectivity index is 2.58. The third-order valence-corrected chi connectivity index (χ3v) is 2.74. The van der Waals surface area contributed by atoms with Gasteiger partial charge in [-0.25, -0.2) is 4.39 Å². The van der Waals surface area contributed by atoms with E-state index in [4.69, 9.17) is 5.73 Å². The summed E-state index contributed by atoms with van der Waals surface area (Å²) in [6.07, 6.45) is 2.28. The van der Waals surface area contributed by atoms with Crippen molar-refractivity contribution in [3.8, 4) is 0 Å². The van der Waals surface area contributed by atoms with Gasteiger partial charge < -0.3 is 5.73 Å². The van der Waals surface area contributed by atoms with E-state index in [2.05, 4.69) is 4.98 Å². The zero-order valence-corrected chi connectivity index (χ0v) is 10.4. The molecule has 0 radical (unpaired) electrons. The summed E-state index contributed by atoms with van der Waals surface area (Å²) in [5, 5.41) is 0.867. The molecule has 0 spiro atoms. The molecular weight excluding hydrogens is 215 g/mol. The molecule has 0 aliphatic rings. The van der Waals surface area contributed by atoms with E-state index in [0.717, 1.165) is 16.5 Å². The highest BCUT2D eigenvalue weighted by Gasteiger charge is 2.14. The summed E-state index contributed by atoms with van der Waals surface area (Å²) in [7, 11) is 0. The second-order valence-electron chi connectivity index (χ2n) is 5.27. The Kier molecular flexibility index (Phi) is 2.87. The molecule has 1 aromatic heterocycles. The maximum Gasteiger partial charge on any atom is 0.149 e. The van der Waals surface area contributed by atoms with Gasteiger partial charge in [0.25, 0.3) is 0 Å². The highest BCUT2D eigenvalue weighted by Crippen LogP contribution is 2.22. The van der Waals surface area contributed by atoms with E-state index in [9.17, 15) is 4.39 Å². The van der Waals surface area contributed by atoms with Gasteiger partial charge in [-0.3, -0.25) is 4.98 Å². The van der Waals surface area contributed by atoms with Crippen LogP contribution in [-0.2, 0) is 6.42 Å². The smallest absolute Gasteiger partial charge is 0.149 e. The van der Waals surface area contributed by atoms with Gasteiger partial charge in [-0.15, -0.1) is 0 Å². The van der Waals surface area contributed by atoms with Crippen LogP contribution in [0, 0.1) is 12.7 Å². The number of fused-ring (bicyclic) bond motifs is 1. The van der Waals surface area contributed by atoms with Crippen molar-refractivity contribution in [1.29, 1.82) is 0 Å². The Morgan fingerprint density at radius 1 is 1.35 bits per heavy atom. The molecule has 2 nitrogen and oxygen atoms in total. The van der Waals surface area contributed by atoms with Gasteiger partial charge in [0.15, 0.2) is 0 Å². The van der Waals surface area contributed by atoms with Gasteiger partial charge >= 0.3 is 0 Å². The van der Waals surface area contributed by atoms with Gasteiger partial charge in [-0.05, 0) is 56.5 Å². The fourth-order valence-corrected chi connectivity index (χ4v) is 2.03. The minimum absolute atomic E-state index is 0.273. The number of hydrogen-bond acceptors (Lipinski definition) is 2. The summed E-state index contributed by atoms with van der Waals surface area (Å²) >= 11 is 0. The SMILES string of the molecule is Cc1ccnc2c(F)cc(CC(C)(C)N)cc12. The van der Waals surface area contributed by atoms with Crippen molar-refractivity contribution >= 4 is 10.9 Å². The van der Waals surface area contributed by atoms with E-state index in [0.29, 0.717) is 11.9 Å². The van der Waals surface area contributed by atoms with Gasteiger partial charge in [0.1, 0.15) is 11.3 Å². The number of pyridine rings is 1. The highest BCUT2D eigenvalue weighted by atomic mass is 19.1. The molecule has 0 unspecified atom stereocenters. The van der Waals surface area contributed by atoms with Crippen LogP contribution in [0.5, 0.6) is 0 Å². The fraction of sp³-hybridized carbons (Fsp3) is 0.357. The number of hydrogen-bond donors (Lipinski definition) is 1. The first-order valence-corrected chi connectivity index (χ1v) is 5.69. The molecule has 0 bridgehead atoms. The van der Waals surface area contributed by atoms with Crippen molar-refractivity contribution in [2.75, 3.05) is 0 Å². The third-order valence-electron chi connectivity index (χ3n) is 2.74. The molecule has 90 valence electrons. The summed E-state index contributed by atoms with van der Waals surface area (Å²) in [6.45, 7) is 5.83. The number of halogens is 1. The molecule has 0 atom stereocenters. The van der Waals surface area contributed by atoms with Crippen molar-refractivity contribution in [3.05, 3.63) is 41.3 Å². The first-order valence-electron chi connectivity index (χ1n) is 5.69. The molecule has 2 N–H and O–H groups in total. The lowest BCUT2D eigenvalue weighted by molar-refractivity contribution is 0.515.